The second-order valence-corrected chi connectivity index (χ2v) is 7.62. The first kappa shape index (κ1) is 15.1. The van der Waals surface area contributed by atoms with Crippen molar-refractivity contribution in [3.8, 4) is 0 Å². The van der Waals surface area contributed by atoms with Crippen LogP contribution in [0.1, 0.15) is 18.5 Å². The first-order valence-electron chi connectivity index (χ1n) is 7.45. The van der Waals surface area contributed by atoms with E-state index in [0.717, 1.165) is 16.5 Å². The molecule has 0 atom stereocenters. The summed E-state index contributed by atoms with van der Waals surface area (Å²) in [5.74, 6) is 1.24. The lowest BCUT2D eigenvalue weighted by Crippen LogP contribution is -2.40. The van der Waals surface area contributed by atoms with Gasteiger partial charge in [-0.15, -0.1) is 0 Å². The largest absolute Gasteiger partial charge is 0.359 e. The van der Waals surface area contributed by atoms with Crippen LogP contribution in [0.15, 0.2) is 0 Å². The minimum Gasteiger partial charge on any atom is -0.359 e. The highest BCUT2D eigenvalue weighted by molar-refractivity contribution is 7.98. The van der Waals surface area contributed by atoms with Crippen LogP contribution in [0.25, 0.3) is 10.3 Å². The van der Waals surface area contributed by atoms with Crippen LogP contribution < -0.4 is 5.32 Å². The van der Waals surface area contributed by atoms with Crippen LogP contribution in [0, 0.1) is 6.92 Å². The Bertz CT molecular complexity index is 563. The van der Waals surface area contributed by atoms with Crippen LogP contribution in [-0.4, -0.2) is 57.3 Å². The summed E-state index contributed by atoms with van der Waals surface area (Å²) in [6.07, 6.45) is 4.60. The average molecular weight is 326 g/mol. The van der Waals surface area contributed by atoms with Gasteiger partial charge < -0.3 is 10.2 Å². The van der Waals surface area contributed by atoms with Gasteiger partial charge in [-0.2, -0.15) is 16.9 Å². The lowest BCUT2D eigenvalue weighted by Gasteiger charge is -2.32. The van der Waals surface area contributed by atoms with Gasteiger partial charge in [-0.1, -0.05) is 11.3 Å². The quantitative estimate of drug-likeness (QED) is 0.915. The third-order valence-corrected chi connectivity index (χ3v) is 5.75. The predicted molar refractivity (Wildman–Crippen MR) is 92.6 cm³/mol. The summed E-state index contributed by atoms with van der Waals surface area (Å²) in [4.78, 5) is 7.26. The molecule has 1 aliphatic rings. The maximum atomic E-state index is 4.69. The van der Waals surface area contributed by atoms with Crippen molar-refractivity contribution in [2.24, 2.45) is 7.05 Å². The Morgan fingerprint density at radius 3 is 2.81 bits per heavy atom. The second kappa shape index (κ2) is 6.54. The number of aromatic nitrogens is 3. The summed E-state index contributed by atoms with van der Waals surface area (Å²) in [6, 6.07) is 0.560. The summed E-state index contributed by atoms with van der Waals surface area (Å²) < 4.78 is 3.08. The highest BCUT2D eigenvalue weighted by Crippen LogP contribution is 2.29. The Hall–Kier alpha value is -0.790. The number of thioether (sulfide) groups is 1. The Balaban J connectivity index is 1.58. The molecule has 5 nitrogen and oxygen atoms in total. The number of rotatable bonds is 5. The fourth-order valence-electron chi connectivity index (χ4n) is 2.84. The van der Waals surface area contributed by atoms with Gasteiger partial charge in [0.15, 0.2) is 10.8 Å². The maximum absolute atomic E-state index is 4.69. The molecule has 2 aromatic heterocycles. The molecular weight excluding hydrogens is 302 g/mol. The standard InChI is InChI=1S/C14H23N5S2/c1-10-12-13(18(2)17-10)16-14(21-12)15-11-4-6-19(7-5-11)8-9-20-3/h11H,4-9H2,1-3H3,(H,15,16). The van der Waals surface area contributed by atoms with Crippen LogP contribution >= 0.6 is 23.1 Å². The molecule has 0 amide bonds. The van der Waals surface area contributed by atoms with Gasteiger partial charge in [0.1, 0.15) is 0 Å². The highest BCUT2D eigenvalue weighted by Gasteiger charge is 2.20. The van der Waals surface area contributed by atoms with E-state index in [2.05, 4.69) is 33.5 Å². The van der Waals surface area contributed by atoms with Gasteiger partial charge in [0.25, 0.3) is 0 Å². The van der Waals surface area contributed by atoms with Gasteiger partial charge in [0, 0.05) is 38.5 Å². The molecule has 21 heavy (non-hydrogen) atoms. The molecule has 116 valence electrons. The molecule has 0 aromatic carbocycles. The molecule has 0 radical (unpaired) electrons. The van der Waals surface area contributed by atoms with Crippen molar-refractivity contribution >= 4 is 38.6 Å². The first-order chi connectivity index (χ1) is 10.2. The number of hydrogen-bond acceptors (Lipinski definition) is 6. The van der Waals surface area contributed by atoms with Gasteiger partial charge in [-0.05, 0) is 26.0 Å². The predicted octanol–water partition coefficient (Wildman–Crippen LogP) is 2.58. The Morgan fingerprint density at radius 1 is 1.38 bits per heavy atom. The molecule has 0 aliphatic carbocycles. The zero-order valence-electron chi connectivity index (χ0n) is 12.9. The van der Waals surface area contributed by atoms with Crippen molar-refractivity contribution in [1.82, 2.24) is 19.7 Å². The van der Waals surface area contributed by atoms with Crippen molar-refractivity contribution in [2.45, 2.75) is 25.8 Å². The highest BCUT2D eigenvalue weighted by atomic mass is 32.2. The number of aryl methyl sites for hydroxylation is 2. The summed E-state index contributed by atoms with van der Waals surface area (Å²) >= 11 is 3.66. The van der Waals surface area contributed by atoms with Crippen molar-refractivity contribution in [1.29, 1.82) is 0 Å². The Morgan fingerprint density at radius 2 is 2.14 bits per heavy atom. The lowest BCUT2D eigenvalue weighted by molar-refractivity contribution is 0.231. The van der Waals surface area contributed by atoms with Crippen LogP contribution in [-0.2, 0) is 7.05 Å². The van der Waals surface area contributed by atoms with Crippen molar-refractivity contribution in [2.75, 3.05) is 37.0 Å². The van der Waals surface area contributed by atoms with E-state index in [0.29, 0.717) is 6.04 Å². The Kier molecular flexibility index (Phi) is 4.71. The number of piperidine rings is 1. The summed E-state index contributed by atoms with van der Waals surface area (Å²) in [5, 5.41) is 9.07. The average Bonchev–Trinajstić information content (AvgIpc) is 3.00. The number of hydrogen-bond donors (Lipinski definition) is 1. The maximum Gasteiger partial charge on any atom is 0.185 e. The minimum atomic E-state index is 0.560. The summed E-state index contributed by atoms with van der Waals surface area (Å²) in [7, 11) is 1.96. The summed E-state index contributed by atoms with van der Waals surface area (Å²) in [6.45, 7) is 5.67. The van der Waals surface area contributed by atoms with Crippen LogP contribution in [0.2, 0.25) is 0 Å². The van der Waals surface area contributed by atoms with E-state index in [1.54, 1.807) is 11.3 Å². The van der Waals surface area contributed by atoms with Crippen LogP contribution in [0.5, 0.6) is 0 Å². The van der Waals surface area contributed by atoms with Crippen molar-refractivity contribution < 1.29 is 0 Å². The van der Waals surface area contributed by atoms with Gasteiger partial charge in [0.2, 0.25) is 0 Å². The number of likely N-dealkylation sites (tertiary alicyclic amines) is 1. The van der Waals surface area contributed by atoms with Gasteiger partial charge in [0.05, 0.1) is 10.4 Å². The van der Waals surface area contributed by atoms with Crippen molar-refractivity contribution in [3.05, 3.63) is 5.69 Å². The van der Waals surface area contributed by atoms with E-state index in [1.165, 1.54) is 42.9 Å². The fourth-order valence-corrected chi connectivity index (χ4v) is 4.29. The van der Waals surface area contributed by atoms with Gasteiger partial charge in [-0.25, -0.2) is 9.67 Å². The number of nitrogens with zero attached hydrogens (tertiary/aromatic N) is 4. The molecule has 0 unspecified atom stereocenters. The third kappa shape index (κ3) is 3.35. The van der Waals surface area contributed by atoms with E-state index in [9.17, 15) is 0 Å². The van der Waals surface area contributed by atoms with Gasteiger partial charge in [-0.3, -0.25) is 0 Å². The van der Waals surface area contributed by atoms with Crippen molar-refractivity contribution in [3.63, 3.8) is 0 Å². The molecule has 7 heteroatoms. The minimum absolute atomic E-state index is 0.560. The topological polar surface area (TPSA) is 46.0 Å². The van der Waals surface area contributed by atoms with E-state index in [-0.39, 0.29) is 0 Å². The normalized spacial score (nSPS) is 17.7. The number of thiazole rings is 1. The van der Waals surface area contributed by atoms with Crippen LogP contribution in [0.4, 0.5) is 5.13 Å². The fraction of sp³-hybridized carbons (Fsp3) is 0.714. The number of fused-ring (bicyclic) bond motifs is 1. The molecule has 1 N–H and O–H groups in total. The SMILES string of the molecule is CSCCN1CCC(Nc2nc3c(s2)c(C)nn3C)CC1. The molecule has 2 aromatic rings. The van der Waals surface area contributed by atoms with Crippen LogP contribution in [0.3, 0.4) is 0 Å². The smallest absolute Gasteiger partial charge is 0.185 e. The van der Waals surface area contributed by atoms with E-state index >= 15 is 0 Å². The van der Waals surface area contributed by atoms with Gasteiger partial charge >= 0.3 is 0 Å². The molecule has 1 aliphatic heterocycles. The Labute approximate surface area is 134 Å². The zero-order chi connectivity index (χ0) is 14.8. The third-order valence-electron chi connectivity index (χ3n) is 4.07. The van der Waals surface area contributed by atoms with E-state index < -0.39 is 0 Å². The van der Waals surface area contributed by atoms with E-state index in [1.807, 2.05) is 23.5 Å². The molecule has 1 saturated heterocycles. The number of anilines is 1. The molecule has 0 spiro atoms. The number of nitrogens with one attached hydrogen (secondary N) is 1. The first-order valence-corrected chi connectivity index (χ1v) is 9.66. The summed E-state index contributed by atoms with van der Waals surface area (Å²) in [5.41, 5.74) is 2.07. The molecule has 0 bridgehead atoms. The second-order valence-electron chi connectivity index (χ2n) is 5.63. The molecule has 0 saturated carbocycles. The lowest BCUT2D eigenvalue weighted by atomic mass is 10.1. The van der Waals surface area contributed by atoms with E-state index in [4.69, 9.17) is 0 Å². The molecular formula is C14H23N5S2. The monoisotopic (exact) mass is 325 g/mol. The molecule has 3 rings (SSSR count). The molecule has 3 heterocycles. The zero-order valence-corrected chi connectivity index (χ0v) is 14.6. The molecule has 1 fully saturated rings.